The van der Waals surface area contributed by atoms with Crippen LogP contribution in [0, 0.1) is 0 Å². The monoisotopic (exact) mass is 394 g/mol. The maximum atomic E-state index is 12.7. The lowest BCUT2D eigenvalue weighted by Crippen LogP contribution is -2.39. The number of para-hydroxylation sites is 2. The number of carbonyl (C=O) groups is 2. The van der Waals surface area contributed by atoms with Crippen molar-refractivity contribution in [1.29, 1.82) is 0 Å². The molecule has 6 nitrogen and oxygen atoms in total. The summed E-state index contributed by atoms with van der Waals surface area (Å²) in [6, 6.07) is 18.6. The molecule has 0 spiro atoms. The summed E-state index contributed by atoms with van der Waals surface area (Å²) in [6.45, 7) is 0.781. The molecule has 142 valence electrons. The number of aromatic nitrogens is 1. The summed E-state index contributed by atoms with van der Waals surface area (Å²) in [6.07, 6.45) is 0.569. The Morgan fingerprint density at radius 3 is 2.29 bits per heavy atom. The Bertz CT molecular complexity index is 1030. The summed E-state index contributed by atoms with van der Waals surface area (Å²) in [5.74, 6) is -0.596. The molecule has 0 fully saturated rings. The second-order valence-electron chi connectivity index (χ2n) is 6.59. The molecule has 3 aromatic rings. The van der Waals surface area contributed by atoms with Gasteiger partial charge in [-0.1, -0.05) is 48.0 Å². The predicted molar refractivity (Wildman–Crippen MR) is 109 cm³/mol. The SMILES string of the molecule is NC(=O)c1c2c(n(-c3ccccc3)c1Cl)CCN(C(=O)Nc1ccccc1)C2. The maximum Gasteiger partial charge on any atom is 0.322 e. The Balaban J connectivity index is 1.68. The van der Waals surface area contributed by atoms with E-state index in [1.807, 2.05) is 65.2 Å². The highest BCUT2D eigenvalue weighted by Gasteiger charge is 2.31. The average molecular weight is 395 g/mol. The third kappa shape index (κ3) is 3.23. The first-order chi connectivity index (χ1) is 13.6. The maximum absolute atomic E-state index is 12.7. The number of nitrogens with zero attached hydrogens (tertiary/aromatic N) is 2. The summed E-state index contributed by atoms with van der Waals surface area (Å²) in [4.78, 5) is 26.5. The topological polar surface area (TPSA) is 80.4 Å². The summed E-state index contributed by atoms with van der Waals surface area (Å²) in [5.41, 5.74) is 9.09. The van der Waals surface area contributed by atoms with E-state index in [4.69, 9.17) is 17.3 Å². The third-order valence-corrected chi connectivity index (χ3v) is 5.22. The second kappa shape index (κ2) is 7.40. The van der Waals surface area contributed by atoms with E-state index in [0.29, 0.717) is 24.2 Å². The molecule has 0 unspecified atom stereocenters. The van der Waals surface area contributed by atoms with Crippen molar-refractivity contribution in [3.63, 3.8) is 0 Å². The fraction of sp³-hybridized carbons (Fsp3) is 0.143. The van der Waals surface area contributed by atoms with Crippen LogP contribution in [0.1, 0.15) is 21.6 Å². The molecule has 2 heterocycles. The number of hydrogen-bond donors (Lipinski definition) is 2. The molecule has 1 aliphatic rings. The number of fused-ring (bicyclic) bond motifs is 1. The van der Waals surface area contributed by atoms with Gasteiger partial charge in [-0.2, -0.15) is 0 Å². The average Bonchev–Trinajstić information content (AvgIpc) is 3.00. The minimum atomic E-state index is -0.596. The number of urea groups is 1. The number of nitrogens with one attached hydrogen (secondary N) is 1. The van der Waals surface area contributed by atoms with Crippen molar-refractivity contribution in [2.75, 3.05) is 11.9 Å². The van der Waals surface area contributed by atoms with Crippen molar-refractivity contribution in [3.8, 4) is 5.69 Å². The van der Waals surface area contributed by atoms with E-state index in [9.17, 15) is 9.59 Å². The van der Waals surface area contributed by atoms with Crippen LogP contribution in [-0.2, 0) is 13.0 Å². The van der Waals surface area contributed by atoms with Crippen LogP contribution in [0.15, 0.2) is 60.7 Å². The van der Waals surface area contributed by atoms with E-state index in [1.165, 1.54) is 0 Å². The Kier molecular flexibility index (Phi) is 4.79. The quantitative estimate of drug-likeness (QED) is 0.708. The normalized spacial score (nSPS) is 13.1. The minimum Gasteiger partial charge on any atom is -0.365 e. The Labute approximate surface area is 167 Å². The molecule has 0 aliphatic carbocycles. The first-order valence-corrected chi connectivity index (χ1v) is 9.32. The second-order valence-corrected chi connectivity index (χ2v) is 6.95. The number of nitrogens with two attached hydrogens (primary N) is 1. The number of halogens is 1. The molecule has 0 bridgehead atoms. The molecule has 1 aliphatic heterocycles. The summed E-state index contributed by atoms with van der Waals surface area (Å²) in [5, 5.41) is 3.16. The van der Waals surface area contributed by atoms with Crippen LogP contribution in [0.3, 0.4) is 0 Å². The van der Waals surface area contributed by atoms with E-state index >= 15 is 0 Å². The molecule has 0 saturated heterocycles. The molecule has 2 aromatic carbocycles. The van der Waals surface area contributed by atoms with Gasteiger partial charge in [0.2, 0.25) is 0 Å². The molecule has 28 heavy (non-hydrogen) atoms. The fourth-order valence-electron chi connectivity index (χ4n) is 3.57. The number of hydrogen-bond acceptors (Lipinski definition) is 2. The predicted octanol–water partition coefficient (Wildman–Crippen LogP) is 3.82. The zero-order chi connectivity index (χ0) is 19.7. The van der Waals surface area contributed by atoms with Crippen molar-refractivity contribution in [2.45, 2.75) is 13.0 Å². The zero-order valence-corrected chi connectivity index (χ0v) is 15.8. The summed E-state index contributed by atoms with van der Waals surface area (Å²) in [7, 11) is 0. The van der Waals surface area contributed by atoms with Gasteiger partial charge in [0.1, 0.15) is 5.15 Å². The first kappa shape index (κ1) is 18.1. The van der Waals surface area contributed by atoms with Gasteiger partial charge in [0, 0.05) is 35.6 Å². The molecule has 0 saturated carbocycles. The van der Waals surface area contributed by atoms with Crippen molar-refractivity contribution in [3.05, 3.63) is 82.6 Å². The summed E-state index contributed by atoms with van der Waals surface area (Å²) >= 11 is 6.55. The smallest absolute Gasteiger partial charge is 0.322 e. The summed E-state index contributed by atoms with van der Waals surface area (Å²) < 4.78 is 1.85. The molecule has 0 radical (unpaired) electrons. The minimum absolute atomic E-state index is 0.226. The van der Waals surface area contributed by atoms with Gasteiger partial charge in [-0.15, -0.1) is 0 Å². The molecular formula is C21H19ClN4O2. The van der Waals surface area contributed by atoms with Crippen LogP contribution in [0.2, 0.25) is 5.15 Å². The molecule has 3 N–H and O–H groups in total. The fourth-order valence-corrected chi connectivity index (χ4v) is 3.98. The van der Waals surface area contributed by atoms with Gasteiger partial charge >= 0.3 is 6.03 Å². The highest BCUT2D eigenvalue weighted by atomic mass is 35.5. The Morgan fingerprint density at radius 1 is 1.00 bits per heavy atom. The van der Waals surface area contributed by atoms with Gasteiger partial charge in [-0.05, 0) is 24.3 Å². The van der Waals surface area contributed by atoms with Crippen molar-refractivity contribution >= 4 is 29.2 Å². The standard InChI is InChI=1S/C21H19ClN4O2/c22-19-18(20(23)27)16-13-25(21(28)24-14-7-3-1-4-8-14)12-11-17(16)26(19)15-9-5-2-6-10-15/h1-10H,11-13H2,(H2,23,27)(H,24,28). The number of benzene rings is 2. The molecule has 4 rings (SSSR count). The van der Waals surface area contributed by atoms with Crippen molar-refractivity contribution in [1.82, 2.24) is 9.47 Å². The highest BCUT2D eigenvalue weighted by Crippen LogP contribution is 2.34. The van der Waals surface area contributed by atoms with Crippen LogP contribution in [-0.4, -0.2) is 28.0 Å². The molecule has 1 aromatic heterocycles. The third-order valence-electron chi connectivity index (χ3n) is 4.86. The zero-order valence-electron chi connectivity index (χ0n) is 15.1. The van der Waals surface area contributed by atoms with Gasteiger partial charge in [-0.25, -0.2) is 4.79 Å². The van der Waals surface area contributed by atoms with Crippen molar-refractivity contribution < 1.29 is 9.59 Å². The number of primary amides is 1. The number of amides is 3. The number of rotatable bonds is 3. The lowest BCUT2D eigenvalue weighted by atomic mass is 10.0. The Hall–Kier alpha value is -3.25. The lowest BCUT2D eigenvalue weighted by molar-refractivity contribution is 0.0998. The highest BCUT2D eigenvalue weighted by molar-refractivity contribution is 6.33. The van der Waals surface area contributed by atoms with Gasteiger partial charge in [0.15, 0.2) is 0 Å². The van der Waals surface area contributed by atoms with Crippen LogP contribution in [0.4, 0.5) is 10.5 Å². The molecule has 7 heteroatoms. The lowest BCUT2D eigenvalue weighted by Gasteiger charge is -2.28. The van der Waals surface area contributed by atoms with Gasteiger partial charge in [-0.3, -0.25) is 4.79 Å². The van der Waals surface area contributed by atoms with Gasteiger partial charge in [0.05, 0.1) is 12.1 Å². The van der Waals surface area contributed by atoms with Crippen LogP contribution >= 0.6 is 11.6 Å². The molecule has 0 atom stereocenters. The van der Waals surface area contributed by atoms with Crippen molar-refractivity contribution in [2.24, 2.45) is 5.73 Å². The molecular weight excluding hydrogens is 376 g/mol. The van der Waals surface area contributed by atoms with E-state index < -0.39 is 5.91 Å². The van der Waals surface area contributed by atoms with E-state index in [0.717, 1.165) is 11.4 Å². The number of anilines is 1. The van der Waals surface area contributed by atoms with Crippen LogP contribution < -0.4 is 11.1 Å². The van der Waals surface area contributed by atoms with Crippen LogP contribution in [0.5, 0.6) is 0 Å². The van der Waals surface area contributed by atoms with Gasteiger partial charge < -0.3 is 20.5 Å². The van der Waals surface area contributed by atoms with E-state index in [1.54, 1.807) is 4.90 Å². The largest absolute Gasteiger partial charge is 0.365 e. The van der Waals surface area contributed by atoms with Gasteiger partial charge in [0.25, 0.3) is 5.91 Å². The van der Waals surface area contributed by atoms with E-state index in [2.05, 4.69) is 5.32 Å². The Morgan fingerprint density at radius 2 is 1.64 bits per heavy atom. The van der Waals surface area contributed by atoms with E-state index in [-0.39, 0.29) is 23.3 Å². The molecule has 3 amide bonds. The first-order valence-electron chi connectivity index (χ1n) is 8.94. The van der Waals surface area contributed by atoms with Crippen LogP contribution in [0.25, 0.3) is 5.69 Å². The number of carbonyl (C=O) groups excluding carboxylic acids is 2.